The van der Waals surface area contributed by atoms with Crippen LogP contribution in [0.15, 0.2) is 0 Å². The second-order valence-electron chi connectivity index (χ2n) is 5.10. The van der Waals surface area contributed by atoms with E-state index in [1.807, 2.05) is 18.8 Å². The van der Waals surface area contributed by atoms with Gasteiger partial charge in [0.25, 0.3) is 0 Å². The van der Waals surface area contributed by atoms with Crippen molar-refractivity contribution in [2.75, 3.05) is 33.8 Å². The lowest BCUT2D eigenvalue weighted by molar-refractivity contribution is -0.0610. The number of hydrogen-bond acceptors (Lipinski definition) is 4. The zero-order valence-corrected chi connectivity index (χ0v) is 12.0. The van der Waals surface area contributed by atoms with E-state index in [2.05, 4.69) is 36.2 Å². The molecule has 0 bridgehead atoms. The van der Waals surface area contributed by atoms with Crippen molar-refractivity contribution in [3.63, 3.8) is 0 Å². The Labute approximate surface area is 109 Å². The van der Waals surface area contributed by atoms with Crippen molar-refractivity contribution < 1.29 is 4.74 Å². The molecule has 0 aliphatic carbocycles. The molecule has 1 aromatic rings. The Morgan fingerprint density at radius 2 is 2.11 bits per heavy atom. The molecule has 2 atom stereocenters. The number of nitrogens with zero attached hydrogens (tertiary/aromatic N) is 3. The fraction of sp³-hybridized carbons (Fsp3) is 0.769. The number of morpholine rings is 1. The van der Waals surface area contributed by atoms with Gasteiger partial charge in [0.1, 0.15) is 0 Å². The van der Waals surface area contributed by atoms with Crippen LogP contribution in [0, 0.1) is 13.8 Å². The Morgan fingerprint density at radius 1 is 1.39 bits per heavy atom. The summed E-state index contributed by atoms with van der Waals surface area (Å²) in [6, 6.07) is 0.292. The molecular formula is C13H24N4O. The molecule has 1 saturated heterocycles. The summed E-state index contributed by atoms with van der Waals surface area (Å²) in [5, 5.41) is 7.75. The van der Waals surface area contributed by atoms with Crippen LogP contribution >= 0.6 is 0 Å². The molecule has 5 heteroatoms. The van der Waals surface area contributed by atoms with Crippen molar-refractivity contribution in [3.8, 4) is 0 Å². The Kier molecular flexibility index (Phi) is 4.04. The molecule has 0 aromatic carbocycles. The van der Waals surface area contributed by atoms with E-state index in [0.717, 1.165) is 25.4 Å². The molecule has 2 rings (SSSR count). The monoisotopic (exact) mass is 252 g/mol. The van der Waals surface area contributed by atoms with Crippen LogP contribution in [0.1, 0.15) is 23.0 Å². The third-order valence-corrected chi connectivity index (χ3v) is 3.87. The molecule has 2 heterocycles. The van der Waals surface area contributed by atoms with Gasteiger partial charge in [-0.15, -0.1) is 0 Å². The fourth-order valence-corrected chi connectivity index (χ4v) is 2.86. The summed E-state index contributed by atoms with van der Waals surface area (Å²) in [6.07, 6.45) is 0.190. The number of aryl methyl sites for hydroxylation is 2. The summed E-state index contributed by atoms with van der Waals surface area (Å²) in [5.41, 5.74) is 3.66. The van der Waals surface area contributed by atoms with Crippen molar-refractivity contribution in [2.24, 2.45) is 7.05 Å². The lowest BCUT2D eigenvalue weighted by atomic mass is 9.96. The molecule has 1 aromatic heterocycles. The molecule has 5 nitrogen and oxygen atoms in total. The molecule has 18 heavy (non-hydrogen) atoms. The quantitative estimate of drug-likeness (QED) is 0.857. The highest BCUT2D eigenvalue weighted by Gasteiger charge is 2.34. The summed E-state index contributed by atoms with van der Waals surface area (Å²) in [6.45, 7) is 6.86. The van der Waals surface area contributed by atoms with Crippen LogP contribution in [0.5, 0.6) is 0 Å². The molecule has 1 aliphatic heterocycles. The molecule has 0 saturated carbocycles. The number of rotatable bonds is 3. The van der Waals surface area contributed by atoms with E-state index < -0.39 is 0 Å². The van der Waals surface area contributed by atoms with Crippen LogP contribution in [0.2, 0.25) is 0 Å². The molecular weight excluding hydrogens is 228 g/mol. The predicted molar refractivity (Wildman–Crippen MR) is 71.7 cm³/mol. The van der Waals surface area contributed by atoms with Gasteiger partial charge in [0.2, 0.25) is 0 Å². The molecule has 1 fully saturated rings. The highest BCUT2D eigenvalue weighted by molar-refractivity contribution is 5.29. The standard InChI is InChI=1S/C13H24N4O/c1-9-12(10(2)17(5)15-9)13-11(8-14-3)18-7-6-16(13)4/h11,13-14H,6-8H2,1-5H3. The smallest absolute Gasteiger partial charge is 0.0897 e. The highest BCUT2D eigenvalue weighted by atomic mass is 16.5. The van der Waals surface area contributed by atoms with E-state index in [1.54, 1.807) is 0 Å². The Balaban J connectivity index is 2.37. The summed E-state index contributed by atoms with van der Waals surface area (Å²) >= 11 is 0. The number of ether oxygens (including phenoxy) is 1. The second kappa shape index (κ2) is 5.38. The molecule has 0 amide bonds. The summed E-state index contributed by atoms with van der Waals surface area (Å²) in [4.78, 5) is 2.38. The van der Waals surface area contributed by atoms with Gasteiger partial charge in [-0.05, 0) is 27.9 Å². The van der Waals surface area contributed by atoms with E-state index in [-0.39, 0.29) is 6.10 Å². The topological polar surface area (TPSA) is 42.3 Å². The van der Waals surface area contributed by atoms with Gasteiger partial charge in [-0.1, -0.05) is 0 Å². The van der Waals surface area contributed by atoms with Crippen molar-refractivity contribution in [2.45, 2.75) is 26.0 Å². The summed E-state index contributed by atoms with van der Waals surface area (Å²) in [7, 11) is 6.14. The first-order valence-electron chi connectivity index (χ1n) is 6.52. The van der Waals surface area contributed by atoms with Crippen LogP contribution in [-0.4, -0.2) is 54.6 Å². The third kappa shape index (κ3) is 2.30. The first-order valence-corrected chi connectivity index (χ1v) is 6.52. The van der Waals surface area contributed by atoms with E-state index in [9.17, 15) is 0 Å². The Hall–Kier alpha value is -0.910. The fourth-order valence-electron chi connectivity index (χ4n) is 2.86. The van der Waals surface area contributed by atoms with Crippen molar-refractivity contribution in [1.82, 2.24) is 20.0 Å². The molecule has 0 radical (unpaired) electrons. The van der Waals surface area contributed by atoms with Crippen molar-refractivity contribution in [1.29, 1.82) is 0 Å². The summed E-state index contributed by atoms with van der Waals surface area (Å²) in [5.74, 6) is 0. The highest BCUT2D eigenvalue weighted by Crippen LogP contribution is 2.32. The van der Waals surface area contributed by atoms with Gasteiger partial charge in [-0.2, -0.15) is 5.10 Å². The number of nitrogens with one attached hydrogen (secondary N) is 1. The average molecular weight is 252 g/mol. The minimum absolute atomic E-state index is 0.190. The minimum atomic E-state index is 0.190. The number of hydrogen-bond donors (Lipinski definition) is 1. The lowest BCUT2D eigenvalue weighted by Crippen LogP contribution is -2.47. The van der Waals surface area contributed by atoms with Gasteiger partial charge >= 0.3 is 0 Å². The number of aromatic nitrogens is 2. The normalized spacial score (nSPS) is 25.6. The van der Waals surface area contributed by atoms with Crippen LogP contribution < -0.4 is 5.32 Å². The molecule has 1 aliphatic rings. The van der Waals surface area contributed by atoms with E-state index in [0.29, 0.717) is 6.04 Å². The van der Waals surface area contributed by atoms with E-state index >= 15 is 0 Å². The minimum Gasteiger partial charge on any atom is -0.374 e. The molecule has 102 valence electrons. The van der Waals surface area contributed by atoms with Gasteiger partial charge in [-0.3, -0.25) is 9.58 Å². The second-order valence-corrected chi connectivity index (χ2v) is 5.10. The molecule has 1 N–H and O–H groups in total. The van der Waals surface area contributed by atoms with E-state index in [4.69, 9.17) is 4.74 Å². The van der Waals surface area contributed by atoms with Crippen LogP contribution in [0.4, 0.5) is 0 Å². The first-order chi connectivity index (χ1) is 8.56. The van der Waals surface area contributed by atoms with Crippen LogP contribution in [0.3, 0.4) is 0 Å². The van der Waals surface area contributed by atoms with Crippen molar-refractivity contribution in [3.05, 3.63) is 17.0 Å². The van der Waals surface area contributed by atoms with Gasteiger partial charge < -0.3 is 10.1 Å². The van der Waals surface area contributed by atoms with Gasteiger partial charge in [0, 0.05) is 31.4 Å². The largest absolute Gasteiger partial charge is 0.374 e. The molecule has 2 unspecified atom stereocenters. The lowest BCUT2D eigenvalue weighted by Gasteiger charge is -2.39. The molecule has 0 spiro atoms. The maximum atomic E-state index is 5.93. The van der Waals surface area contributed by atoms with Gasteiger partial charge in [-0.25, -0.2) is 0 Å². The SMILES string of the molecule is CNCC1OCCN(C)C1c1c(C)nn(C)c1C. The maximum Gasteiger partial charge on any atom is 0.0897 e. The van der Waals surface area contributed by atoms with E-state index in [1.165, 1.54) is 11.3 Å². The Bertz CT molecular complexity index is 413. The number of likely N-dealkylation sites (N-methyl/N-ethyl adjacent to an activating group) is 2. The van der Waals surface area contributed by atoms with Gasteiger partial charge in [0.15, 0.2) is 0 Å². The zero-order chi connectivity index (χ0) is 13.3. The summed E-state index contributed by atoms with van der Waals surface area (Å²) < 4.78 is 7.90. The van der Waals surface area contributed by atoms with Crippen LogP contribution in [-0.2, 0) is 11.8 Å². The maximum absolute atomic E-state index is 5.93. The van der Waals surface area contributed by atoms with Gasteiger partial charge in [0.05, 0.1) is 24.4 Å². The Morgan fingerprint density at radius 3 is 2.67 bits per heavy atom. The first kappa shape index (κ1) is 13.5. The predicted octanol–water partition coefficient (Wildman–Crippen LogP) is 0.628. The van der Waals surface area contributed by atoms with Crippen LogP contribution in [0.25, 0.3) is 0 Å². The zero-order valence-electron chi connectivity index (χ0n) is 12.0. The third-order valence-electron chi connectivity index (χ3n) is 3.87. The van der Waals surface area contributed by atoms with Crippen molar-refractivity contribution >= 4 is 0 Å². The average Bonchev–Trinajstić information content (AvgIpc) is 2.56.